The summed E-state index contributed by atoms with van der Waals surface area (Å²) in [5.41, 5.74) is 0.825. The molecule has 0 heterocycles. The summed E-state index contributed by atoms with van der Waals surface area (Å²) in [6.07, 6.45) is 1.76. The lowest BCUT2D eigenvalue weighted by Gasteiger charge is -2.09. The fourth-order valence-corrected chi connectivity index (χ4v) is 1.57. The summed E-state index contributed by atoms with van der Waals surface area (Å²) in [5, 5.41) is 6.19. The zero-order valence-electron chi connectivity index (χ0n) is 10.3. The molecular weight excluding hydrogens is 297 g/mol. The number of benzene rings is 1. The summed E-state index contributed by atoms with van der Waals surface area (Å²) in [5.74, 6) is 0.424. The first-order valence-electron chi connectivity index (χ1n) is 5.74. The Labute approximate surface area is 115 Å². The Bertz CT molecular complexity index is 432. The van der Waals surface area contributed by atoms with Crippen LogP contribution >= 0.6 is 15.9 Å². The van der Waals surface area contributed by atoms with Gasteiger partial charge < -0.3 is 10.6 Å². The maximum absolute atomic E-state index is 13.3. The predicted octanol–water partition coefficient (Wildman–Crippen LogP) is 2.83. The fourth-order valence-electron chi connectivity index (χ4n) is 1.32. The number of aliphatic imine (C=N–C) groups is 1. The van der Waals surface area contributed by atoms with E-state index in [0.717, 1.165) is 12.1 Å². The first-order chi connectivity index (χ1) is 8.67. The van der Waals surface area contributed by atoms with E-state index in [1.165, 1.54) is 6.07 Å². The van der Waals surface area contributed by atoms with Crippen molar-refractivity contribution in [2.45, 2.75) is 13.5 Å². The van der Waals surface area contributed by atoms with Crippen LogP contribution in [0.5, 0.6) is 0 Å². The highest BCUT2D eigenvalue weighted by Crippen LogP contribution is 2.16. The van der Waals surface area contributed by atoms with Crippen LogP contribution in [0.3, 0.4) is 0 Å². The molecule has 0 aliphatic carbocycles. The molecule has 0 fully saturated rings. The van der Waals surface area contributed by atoms with Crippen LogP contribution in [-0.4, -0.2) is 19.0 Å². The number of nitrogens with zero attached hydrogens (tertiary/aromatic N) is 1. The molecule has 0 saturated heterocycles. The van der Waals surface area contributed by atoms with Gasteiger partial charge in [0.15, 0.2) is 5.96 Å². The Kier molecular flexibility index (Phi) is 6.43. The molecule has 1 rings (SSSR count). The minimum absolute atomic E-state index is 0.272. The highest BCUT2D eigenvalue weighted by atomic mass is 79.9. The number of hydrogen-bond donors (Lipinski definition) is 2. The molecule has 0 bridgehead atoms. The first-order valence-corrected chi connectivity index (χ1v) is 6.53. The Morgan fingerprint density at radius 1 is 1.50 bits per heavy atom. The summed E-state index contributed by atoms with van der Waals surface area (Å²) >= 11 is 3.12. The second-order valence-electron chi connectivity index (χ2n) is 3.61. The van der Waals surface area contributed by atoms with Gasteiger partial charge in [0.05, 0.1) is 11.0 Å². The van der Waals surface area contributed by atoms with Crippen LogP contribution in [0.1, 0.15) is 12.5 Å². The lowest BCUT2D eigenvalue weighted by Crippen LogP contribution is -2.37. The molecule has 0 spiro atoms. The van der Waals surface area contributed by atoms with Gasteiger partial charge in [-0.05, 0) is 40.5 Å². The average Bonchev–Trinajstić information content (AvgIpc) is 2.37. The highest BCUT2D eigenvalue weighted by molar-refractivity contribution is 9.10. The van der Waals surface area contributed by atoms with Gasteiger partial charge in [-0.15, -0.1) is 6.58 Å². The summed E-state index contributed by atoms with van der Waals surface area (Å²) in [7, 11) is 0. The molecule has 18 heavy (non-hydrogen) atoms. The summed E-state index contributed by atoms with van der Waals surface area (Å²) in [6.45, 7) is 7.46. The van der Waals surface area contributed by atoms with Gasteiger partial charge in [-0.25, -0.2) is 9.38 Å². The van der Waals surface area contributed by atoms with E-state index >= 15 is 0 Å². The Morgan fingerprint density at radius 2 is 2.28 bits per heavy atom. The van der Waals surface area contributed by atoms with Crippen molar-refractivity contribution in [3.05, 3.63) is 46.7 Å². The number of halogens is 2. The van der Waals surface area contributed by atoms with Crippen molar-refractivity contribution in [2.24, 2.45) is 4.99 Å². The molecule has 5 heteroatoms. The van der Waals surface area contributed by atoms with Crippen LogP contribution in [0.15, 0.2) is 40.3 Å². The molecular formula is C13H17BrFN3. The van der Waals surface area contributed by atoms with Gasteiger partial charge >= 0.3 is 0 Å². The Balaban J connectivity index is 2.67. The van der Waals surface area contributed by atoms with Crippen LogP contribution in [-0.2, 0) is 6.54 Å². The van der Waals surface area contributed by atoms with Gasteiger partial charge in [0.25, 0.3) is 0 Å². The molecule has 0 aliphatic heterocycles. The lowest BCUT2D eigenvalue weighted by molar-refractivity contribution is 0.618. The smallest absolute Gasteiger partial charge is 0.191 e. The van der Waals surface area contributed by atoms with E-state index in [9.17, 15) is 4.39 Å². The molecule has 0 unspecified atom stereocenters. The van der Waals surface area contributed by atoms with Crippen molar-refractivity contribution < 1.29 is 4.39 Å². The van der Waals surface area contributed by atoms with Crippen LogP contribution in [0.4, 0.5) is 4.39 Å². The third-order valence-electron chi connectivity index (χ3n) is 2.16. The van der Waals surface area contributed by atoms with Crippen LogP contribution in [0, 0.1) is 5.82 Å². The maximum Gasteiger partial charge on any atom is 0.191 e. The van der Waals surface area contributed by atoms with E-state index in [2.05, 4.69) is 38.1 Å². The van der Waals surface area contributed by atoms with Gasteiger partial charge in [-0.3, -0.25) is 0 Å². The quantitative estimate of drug-likeness (QED) is 0.498. The fraction of sp³-hybridized carbons (Fsp3) is 0.308. The maximum atomic E-state index is 13.3. The summed E-state index contributed by atoms with van der Waals surface area (Å²) in [6, 6.07) is 5.00. The largest absolute Gasteiger partial charge is 0.357 e. The molecule has 1 aromatic carbocycles. The molecule has 0 aromatic heterocycles. The molecule has 2 N–H and O–H groups in total. The summed E-state index contributed by atoms with van der Waals surface area (Å²) < 4.78 is 13.8. The Morgan fingerprint density at radius 3 is 2.89 bits per heavy atom. The molecule has 98 valence electrons. The third kappa shape index (κ3) is 4.87. The second kappa shape index (κ2) is 7.87. The molecule has 1 aromatic rings. The van der Waals surface area contributed by atoms with E-state index in [4.69, 9.17) is 0 Å². The first kappa shape index (κ1) is 14.7. The van der Waals surface area contributed by atoms with Crippen LogP contribution < -0.4 is 10.6 Å². The van der Waals surface area contributed by atoms with E-state index in [1.807, 2.05) is 13.0 Å². The SMILES string of the molecule is C=CCNC(=NCc1ccc(Br)c(F)c1)NCC. The van der Waals surface area contributed by atoms with Crippen molar-refractivity contribution in [3.8, 4) is 0 Å². The van der Waals surface area contributed by atoms with Crippen molar-refractivity contribution >= 4 is 21.9 Å². The topological polar surface area (TPSA) is 36.4 Å². The lowest BCUT2D eigenvalue weighted by atomic mass is 10.2. The van der Waals surface area contributed by atoms with E-state index in [1.54, 1.807) is 12.1 Å². The molecule has 0 atom stereocenters. The predicted molar refractivity (Wildman–Crippen MR) is 77.1 cm³/mol. The molecule has 0 saturated carbocycles. The number of hydrogen-bond acceptors (Lipinski definition) is 1. The number of guanidine groups is 1. The highest BCUT2D eigenvalue weighted by Gasteiger charge is 2.01. The van der Waals surface area contributed by atoms with Gasteiger partial charge in [-0.2, -0.15) is 0 Å². The van der Waals surface area contributed by atoms with E-state index < -0.39 is 0 Å². The normalized spacial score (nSPS) is 11.2. The summed E-state index contributed by atoms with van der Waals surface area (Å²) in [4.78, 5) is 4.36. The average molecular weight is 314 g/mol. The van der Waals surface area contributed by atoms with Crippen LogP contribution in [0.25, 0.3) is 0 Å². The van der Waals surface area contributed by atoms with Crippen molar-refractivity contribution in [1.29, 1.82) is 0 Å². The number of nitrogens with one attached hydrogen (secondary N) is 2. The zero-order valence-corrected chi connectivity index (χ0v) is 11.9. The third-order valence-corrected chi connectivity index (χ3v) is 2.80. The molecule has 3 nitrogen and oxygen atoms in total. The minimum atomic E-state index is -0.272. The standard InChI is InChI=1S/C13H17BrFN3/c1-3-7-17-13(16-4-2)18-9-10-5-6-11(14)12(15)8-10/h3,5-6,8H,1,4,7,9H2,2H3,(H2,16,17,18). The van der Waals surface area contributed by atoms with Gasteiger partial charge in [0.2, 0.25) is 0 Å². The molecule has 0 amide bonds. The van der Waals surface area contributed by atoms with Crippen LogP contribution in [0.2, 0.25) is 0 Å². The van der Waals surface area contributed by atoms with Crippen molar-refractivity contribution in [3.63, 3.8) is 0 Å². The minimum Gasteiger partial charge on any atom is -0.357 e. The van der Waals surface area contributed by atoms with Crippen molar-refractivity contribution in [2.75, 3.05) is 13.1 Å². The van der Waals surface area contributed by atoms with Gasteiger partial charge in [0.1, 0.15) is 5.82 Å². The van der Waals surface area contributed by atoms with Gasteiger partial charge in [0, 0.05) is 13.1 Å². The van der Waals surface area contributed by atoms with E-state index in [0.29, 0.717) is 23.5 Å². The molecule has 0 radical (unpaired) electrons. The number of rotatable bonds is 5. The molecule has 0 aliphatic rings. The second-order valence-corrected chi connectivity index (χ2v) is 4.47. The van der Waals surface area contributed by atoms with E-state index in [-0.39, 0.29) is 5.82 Å². The Hall–Kier alpha value is -1.36. The van der Waals surface area contributed by atoms with Crippen molar-refractivity contribution in [1.82, 2.24) is 10.6 Å². The monoisotopic (exact) mass is 313 g/mol. The zero-order chi connectivity index (χ0) is 13.4. The van der Waals surface area contributed by atoms with Gasteiger partial charge in [-0.1, -0.05) is 12.1 Å².